The molecule has 1 heterocycles. The Bertz CT molecular complexity index is 394. The van der Waals surface area contributed by atoms with Crippen LogP contribution in [0.25, 0.3) is 0 Å². The van der Waals surface area contributed by atoms with Gasteiger partial charge in [0, 0.05) is 38.6 Å². The summed E-state index contributed by atoms with van der Waals surface area (Å²) in [5, 5.41) is 7.22. The number of rotatable bonds is 13. The molecule has 0 aliphatic rings. The SMILES string of the molecule is COCCNCCCCNC(=O)CCSSc1ccccn1. The van der Waals surface area contributed by atoms with Crippen LogP contribution in [0.2, 0.25) is 0 Å². The highest BCUT2D eigenvalue weighted by Crippen LogP contribution is 2.29. The molecule has 0 aliphatic heterocycles. The molecular weight excluding hydrogens is 318 g/mol. The van der Waals surface area contributed by atoms with Crippen LogP contribution < -0.4 is 10.6 Å². The maximum atomic E-state index is 11.6. The number of hydrogen-bond donors (Lipinski definition) is 2. The van der Waals surface area contributed by atoms with Gasteiger partial charge in [0.1, 0.15) is 5.03 Å². The molecule has 0 unspecified atom stereocenters. The van der Waals surface area contributed by atoms with Gasteiger partial charge in [-0.2, -0.15) is 0 Å². The third-order valence-corrected chi connectivity index (χ3v) is 5.05. The standard InChI is InChI=1S/C15H25N3O2S2/c1-20-12-11-16-8-4-5-9-17-14(19)7-13-21-22-15-6-2-3-10-18-15/h2-3,6,10,16H,4-5,7-9,11-13H2,1H3,(H,17,19). The average molecular weight is 344 g/mol. The van der Waals surface area contributed by atoms with E-state index in [2.05, 4.69) is 15.6 Å². The van der Waals surface area contributed by atoms with Crippen molar-refractivity contribution in [3.05, 3.63) is 24.4 Å². The van der Waals surface area contributed by atoms with Gasteiger partial charge in [0.15, 0.2) is 0 Å². The van der Waals surface area contributed by atoms with Gasteiger partial charge in [-0.25, -0.2) is 4.98 Å². The monoisotopic (exact) mass is 343 g/mol. The summed E-state index contributed by atoms with van der Waals surface area (Å²) < 4.78 is 4.95. The molecule has 22 heavy (non-hydrogen) atoms. The van der Waals surface area contributed by atoms with Gasteiger partial charge in [-0.15, -0.1) is 0 Å². The van der Waals surface area contributed by atoms with Crippen LogP contribution in [0.4, 0.5) is 0 Å². The second-order valence-corrected chi connectivity index (χ2v) is 7.06. The molecule has 0 fully saturated rings. The van der Waals surface area contributed by atoms with Gasteiger partial charge in [-0.1, -0.05) is 16.9 Å². The highest BCUT2D eigenvalue weighted by molar-refractivity contribution is 8.76. The zero-order valence-corrected chi connectivity index (χ0v) is 14.7. The molecule has 0 bridgehead atoms. The molecule has 0 radical (unpaired) electrons. The van der Waals surface area contributed by atoms with E-state index in [-0.39, 0.29) is 5.91 Å². The highest BCUT2D eigenvalue weighted by Gasteiger charge is 2.01. The Morgan fingerprint density at radius 3 is 2.91 bits per heavy atom. The number of methoxy groups -OCH3 is 1. The fourth-order valence-corrected chi connectivity index (χ4v) is 3.49. The second kappa shape index (κ2) is 13.9. The summed E-state index contributed by atoms with van der Waals surface area (Å²) in [5.74, 6) is 0.924. The van der Waals surface area contributed by atoms with Crippen LogP contribution in [0.5, 0.6) is 0 Å². The maximum Gasteiger partial charge on any atom is 0.220 e. The lowest BCUT2D eigenvalue weighted by molar-refractivity contribution is -0.120. The van der Waals surface area contributed by atoms with Crippen molar-refractivity contribution in [1.29, 1.82) is 0 Å². The fraction of sp³-hybridized carbons (Fsp3) is 0.600. The number of nitrogens with one attached hydrogen (secondary N) is 2. The van der Waals surface area contributed by atoms with Gasteiger partial charge in [0.05, 0.1) is 6.61 Å². The first-order valence-corrected chi connectivity index (χ1v) is 9.81. The van der Waals surface area contributed by atoms with Crippen LogP contribution in [0.3, 0.4) is 0 Å². The minimum Gasteiger partial charge on any atom is -0.383 e. The number of hydrogen-bond acceptors (Lipinski definition) is 6. The highest BCUT2D eigenvalue weighted by atomic mass is 33.1. The van der Waals surface area contributed by atoms with Gasteiger partial charge in [-0.3, -0.25) is 4.79 Å². The Morgan fingerprint density at radius 2 is 2.14 bits per heavy atom. The van der Waals surface area contributed by atoms with E-state index in [9.17, 15) is 4.79 Å². The molecule has 2 N–H and O–H groups in total. The van der Waals surface area contributed by atoms with Crippen LogP contribution in [-0.4, -0.2) is 50.0 Å². The lowest BCUT2D eigenvalue weighted by Crippen LogP contribution is -2.26. The quantitative estimate of drug-likeness (QED) is 0.423. The first-order chi connectivity index (χ1) is 10.8. The summed E-state index contributed by atoms with van der Waals surface area (Å²) in [6, 6.07) is 5.83. The molecule has 0 aromatic carbocycles. The number of pyridine rings is 1. The Morgan fingerprint density at radius 1 is 1.27 bits per heavy atom. The molecule has 0 saturated carbocycles. The Kier molecular flexibility index (Phi) is 12.2. The fourth-order valence-electron chi connectivity index (χ4n) is 1.62. The molecule has 5 nitrogen and oxygen atoms in total. The Hall–Kier alpha value is -0.760. The van der Waals surface area contributed by atoms with Gasteiger partial charge in [-0.05, 0) is 42.3 Å². The van der Waals surface area contributed by atoms with Gasteiger partial charge >= 0.3 is 0 Å². The minimum absolute atomic E-state index is 0.126. The van der Waals surface area contributed by atoms with E-state index >= 15 is 0 Å². The molecule has 0 saturated heterocycles. The van der Waals surface area contributed by atoms with Crippen molar-refractivity contribution in [2.45, 2.75) is 24.3 Å². The molecule has 1 aromatic rings. The predicted octanol–water partition coefficient (Wildman–Crippen LogP) is 2.34. The Labute approximate surface area is 140 Å². The molecule has 0 aliphatic carbocycles. The van der Waals surface area contributed by atoms with Gasteiger partial charge in [0.25, 0.3) is 0 Å². The third kappa shape index (κ3) is 10.9. The summed E-state index contributed by atoms with van der Waals surface area (Å²) in [7, 11) is 4.97. The lowest BCUT2D eigenvalue weighted by atomic mass is 10.3. The summed E-state index contributed by atoms with van der Waals surface area (Å²) in [6.45, 7) is 3.34. The van der Waals surface area contributed by atoms with E-state index in [1.807, 2.05) is 18.2 Å². The number of ether oxygens (including phenoxy) is 1. The topological polar surface area (TPSA) is 63.2 Å². The maximum absolute atomic E-state index is 11.6. The summed E-state index contributed by atoms with van der Waals surface area (Å²) in [5.41, 5.74) is 0. The normalized spacial score (nSPS) is 10.6. The van der Waals surface area contributed by atoms with Crippen molar-refractivity contribution in [3.8, 4) is 0 Å². The number of nitrogens with zero attached hydrogens (tertiary/aromatic N) is 1. The van der Waals surface area contributed by atoms with E-state index in [0.29, 0.717) is 6.42 Å². The summed E-state index contributed by atoms with van der Waals surface area (Å²) in [4.78, 5) is 15.9. The lowest BCUT2D eigenvalue weighted by Gasteiger charge is -2.06. The molecule has 0 atom stereocenters. The number of carbonyl (C=O) groups excluding carboxylic acids is 1. The predicted molar refractivity (Wildman–Crippen MR) is 94.2 cm³/mol. The minimum atomic E-state index is 0.126. The van der Waals surface area contributed by atoms with Crippen molar-refractivity contribution in [2.24, 2.45) is 0 Å². The van der Waals surface area contributed by atoms with Gasteiger partial charge in [0.2, 0.25) is 5.91 Å². The van der Waals surface area contributed by atoms with Crippen LogP contribution in [0.1, 0.15) is 19.3 Å². The average Bonchev–Trinajstić information content (AvgIpc) is 2.55. The van der Waals surface area contributed by atoms with Crippen molar-refractivity contribution in [3.63, 3.8) is 0 Å². The zero-order chi connectivity index (χ0) is 15.9. The zero-order valence-electron chi connectivity index (χ0n) is 13.0. The molecule has 124 valence electrons. The second-order valence-electron chi connectivity index (χ2n) is 4.62. The Balaban J connectivity index is 1.87. The van der Waals surface area contributed by atoms with E-state index in [1.165, 1.54) is 0 Å². The van der Waals surface area contributed by atoms with E-state index in [4.69, 9.17) is 4.74 Å². The molecule has 1 amide bonds. The molecule has 1 aromatic heterocycles. The van der Waals surface area contributed by atoms with Crippen LogP contribution in [0.15, 0.2) is 29.4 Å². The van der Waals surface area contributed by atoms with E-state index in [1.54, 1.807) is 34.9 Å². The number of unbranched alkanes of at least 4 members (excludes halogenated alkanes) is 1. The van der Waals surface area contributed by atoms with Crippen LogP contribution in [-0.2, 0) is 9.53 Å². The summed E-state index contributed by atoms with van der Waals surface area (Å²) >= 11 is 0. The molecule has 7 heteroatoms. The van der Waals surface area contributed by atoms with Crippen molar-refractivity contribution in [2.75, 3.05) is 39.1 Å². The van der Waals surface area contributed by atoms with E-state index in [0.717, 1.165) is 49.9 Å². The summed E-state index contributed by atoms with van der Waals surface area (Å²) in [6.07, 6.45) is 4.39. The van der Waals surface area contributed by atoms with E-state index < -0.39 is 0 Å². The number of amides is 1. The smallest absolute Gasteiger partial charge is 0.220 e. The third-order valence-electron chi connectivity index (χ3n) is 2.78. The van der Waals surface area contributed by atoms with Crippen LogP contribution in [0, 0.1) is 0 Å². The largest absolute Gasteiger partial charge is 0.383 e. The molecule has 0 spiro atoms. The number of aromatic nitrogens is 1. The first-order valence-electron chi connectivity index (χ1n) is 7.50. The van der Waals surface area contributed by atoms with Crippen molar-refractivity contribution in [1.82, 2.24) is 15.6 Å². The van der Waals surface area contributed by atoms with Crippen molar-refractivity contribution >= 4 is 27.5 Å². The van der Waals surface area contributed by atoms with Crippen LogP contribution >= 0.6 is 21.6 Å². The molecule has 1 rings (SSSR count). The van der Waals surface area contributed by atoms with Crippen molar-refractivity contribution < 1.29 is 9.53 Å². The van der Waals surface area contributed by atoms with Gasteiger partial charge < -0.3 is 15.4 Å². The number of carbonyl (C=O) groups is 1. The first kappa shape index (κ1) is 19.3. The molecular formula is C15H25N3O2S2.